The van der Waals surface area contributed by atoms with Crippen molar-refractivity contribution in [2.45, 2.75) is 6.18 Å². The second-order valence-corrected chi connectivity index (χ2v) is 5.57. The third-order valence-electron chi connectivity index (χ3n) is 3.72. The van der Waals surface area contributed by atoms with Crippen LogP contribution in [0.25, 0.3) is 11.3 Å². The van der Waals surface area contributed by atoms with Crippen molar-refractivity contribution in [1.82, 2.24) is 9.78 Å². The summed E-state index contributed by atoms with van der Waals surface area (Å²) in [5.41, 5.74) is 0.757. The molecule has 0 atom stereocenters. The van der Waals surface area contributed by atoms with Crippen LogP contribution in [0.15, 0.2) is 54.6 Å². The number of aryl methyl sites for hydroxylation is 1. The monoisotopic (exact) mass is 363 g/mol. The number of hydrogen-bond acceptors (Lipinski definition) is 2. The van der Waals surface area contributed by atoms with Gasteiger partial charge in [-0.1, -0.05) is 0 Å². The van der Waals surface area contributed by atoms with Gasteiger partial charge in [0.25, 0.3) is 5.91 Å². The Balaban J connectivity index is 1.79. The van der Waals surface area contributed by atoms with Gasteiger partial charge in [0.15, 0.2) is 0 Å². The number of nitrogens with zero attached hydrogens (tertiary/aromatic N) is 2. The van der Waals surface area contributed by atoms with Crippen molar-refractivity contribution in [2.24, 2.45) is 7.05 Å². The lowest BCUT2D eigenvalue weighted by atomic mass is 10.1. The first kappa shape index (κ1) is 17.7. The number of carbonyl (C=O) groups is 1. The summed E-state index contributed by atoms with van der Waals surface area (Å²) in [6, 6.07) is 11.3. The van der Waals surface area contributed by atoms with Gasteiger partial charge in [-0.25, -0.2) is 4.39 Å². The molecule has 3 rings (SSSR count). The van der Waals surface area contributed by atoms with Crippen molar-refractivity contribution in [3.05, 3.63) is 71.7 Å². The van der Waals surface area contributed by atoms with E-state index in [0.29, 0.717) is 11.3 Å². The standard InChI is InChI=1S/C18H13F4N3O/c1-25-16(10-15(24-25)11-2-6-13(19)7-3-11)17(26)23-14-8-4-12(5-9-14)18(20,21)22/h2-10H,1H3,(H,23,26). The summed E-state index contributed by atoms with van der Waals surface area (Å²) in [5.74, 6) is -0.905. The highest BCUT2D eigenvalue weighted by atomic mass is 19.4. The zero-order chi connectivity index (χ0) is 18.9. The quantitative estimate of drug-likeness (QED) is 0.697. The first-order chi connectivity index (χ1) is 12.2. The Kier molecular flexibility index (Phi) is 4.50. The van der Waals surface area contributed by atoms with Gasteiger partial charge in [0.05, 0.1) is 11.3 Å². The number of carbonyl (C=O) groups excluding carboxylic acids is 1. The third-order valence-corrected chi connectivity index (χ3v) is 3.72. The van der Waals surface area contributed by atoms with E-state index < -0.39 is 17.6 Å². The number of aromatic nitrogens is 2. The molecule has 1 aromatic heterocycles. The maximum Gasteiger partial charge on any atom is 0.416 e. The maximum atomic E-state index is 13.0. The zero-order valence-corrected chi connectivity index (χ0v) is 13.5. The van der Waals surface area contributed by atoms with Gasteiger partial charge in [-0.2, -0.15) is 18.3 Å². The van der Waals surface area contributed by atoms with E-state index in [1.807, 2.05) is 0 Å². The lowest BCUT2D eigenvalue weighted by molar-refractivity contribution is -0.137. The van der Waals surface area contributed by atoms with Gasteiger partial charge in [0, 0.05) is 18.3 Å². The van der Waals surface area contributed by atoms with E-state index in [1.165, 1.54) is 47.1 Å². The molecule has 0 aliphatic carbocycles. The van der Waals surface area contributed by atoms with E-state index >= 15 is 0 Å². The fraction of sp³-hybridized carbons (Fsp3) is 0.111. The maximum absolute atomic E-state index is 13.0. The summed E-state index contributed by atoms with van der Waals surface area (Å²) >= 11 is 0. The molecule has 1 heterocycles. The van der Waals surface area contributed by atoms with Crippen molar-refractivity contribution in [2.75, 3.05) is 5.32 Å². The molecule has 8 heteroatoms. The molecular formula is C18H13F4N3O. The Hall–Kier alpha value is -3.16. The van der Waals surface area contributed by atoms with E-state index in [0.717, 1.165) is 12.1 Å². The predicted octanol–water partition coefficient (Wildman–Crippen LogP) is 4.50. The van der Waals surface area contributed by atoms with Crippen LogP contribution < -0.4 is 5.32 Å². The molecule has 134 valence electrons. The number of amides is 1. The van der Waals surface area contributed by atoms with E-state index in [9.17, 15) is 22.4 Å². The topological polar surface area (TPSA) is 46.9 Å². The van der Waals surface area contributed by atoms with Crippen LogP contribution in [0.5, 0.6) is 0 Å². The van der Waals surface area contributed by atoms with Crippen molar-refractivity contribution in [1.29, 1.82) is 0 Å². The average molecular weight is 363 g/mol. The molecule has 0 aliphatic rings. The molecule has 2 aromatic carbocycles. The number of rotatable bonds is 3. The van der Waals surface area contributed by atoms with Gasteiger partial charge in [-0.15, -0.1) is 0 Å². The highest BCUT2D eigenvalue weighted by Crippen LogP contribution is 2.30. The SMILES string of the molecule is Cn1nc(-c2ccc(F)cc2)cc1C(=O)Nc1ccc(C(F)(F)F)cc1. The molecule has 0 unspecified atom stereocenters. The Labute approximate surface area is 146 Å². The number of nitrogens with one attached hydrogen (secondary N) is 1. The highest BCUT2D eigenvalue weighted by Gasteiger charge is 2.30. The van der Waals surface area contributed by atoms with Gasteiger partial charge < -0.3 is 5.32 Å². The van der Waals surface area contributed by atoms with Crippen LogP contribution in [-0.4, -0.2) is 15.7 Å². The Bertz CT molecular complexity index is 929. The summed E-state index contributed by atoms with van der Waals surface area (Å²) in [5, 5.41) is 6.73. The summed E-state index contributed by atoms with van der Waals surface area (Å²) in [4.78, 5) is 12.4. The van der Waals surface area contributed by atoms with Crippen molar-refractivity contribution < 1.29 is 22.4 Å². The molecule has 1 N–H and O–H groups in total. The lowest BCUT2D eigenvalue weighted by Gasteiger charge is -2.08. The molecule has 4 nitrogen and oxygen atoms in total. The van der Waals surface area contributed by atoms with E-state index in [1.54, 1.807) is 7.05 Å². The van der Waals surface area contributed by atoms with E-state index in [4.69, 9.17) is 0 Å². The molecule has 26 heavy (non-hydrogen) atoms. The van der Waals surface area contributed by atoms with Crippen molar-refractivity contribution in [3.8, 4) is 11.3 Å². The molecule has 1 amide bonds. The molecule has 0 spiro atoms. The van der Waals surface area contributed by atoms with Crippen LogP contribution in [0.4, 0.5) is 23.2 Å². The number of anilines is 1. The summed E-state index contributed by atoms with van der Waals surface area (Å²) in [6.45, 7) is 0. The molecule has 0 aliphatic heterocycles. The van der Waals surface area contributed by atoms with Crippen molar-refractivity contribution >= 4 is 11.6 Å². The zero-order valence-electron chi connectivity index (χ0n) is 13.5. The summed E-state index contributed by atoms with van der Waals surface area (Å²) in [7, 11) is 1.56. The van der Waals surface area contributed by atoms with Crippen LogP contribution in [0.3, 0.4) is 0 Å². The van der Waals surface area contributed by atoms with Gasteiger partial charge in [-0.3, -0.25) is 9.48 Å². The summed E-state index contributed by atoms with van der Waals surface area (Å²) in [6.07, 6.45) is -4.44. The van der Waals surface area contributed by atoms with E-state index in [2.05, 4.69) is 10.4 Å². The normalized spacial score (nSPS) is 11.4. The lowest BCUT2D eigenvalue weighted by Crippen LogP contribution is -2.16. The van der Waals surface area contributed by atoms with Crippen LogP contribution in [-0.2, 0) is 13.2 Å². The summed E-state index contributed by atoms with van der Waals surface area (Å²) < 4.78 is 52.0. The number of benzene rings is 2. The highest BCUT2D eigenvalue weighted by molar-refractivity contribution is 6.03. The largest absolute Gasteiger partial charge is 0.416 e. The molecule has 0 radical (unpaired) electrons. The minimum Gasteiger partial charge on any atom is -0.321 e. The van der Waals surface area contributed by atoms with E-state index in [-0.39, 0.29) is 17.2 Å². The minimum atomic E-state index is -4.44. The molecule has 0 fully saturated rings. The second-order valence-electron chi connectivity index (χ2n) is 5.57. The molecule has 0 saturated carbocycles. The fourth-order valence-corrected chi connectivity index (χ4v) is 2.38. The number of hydrogen-bond donors (Lipinski definition) is 1. The van der Waals surface area contributed by atoms with Gasteiger partial charge in [-0.05, 0) is 54.6 Å². The Morgan fingerprint density at radius 3 is 2.23 bits per heavy atom. The number of alkyl halides is 3. The minimum absolute atomic E-state index is 0.212. The Morgan fingerprint density at radius 1 is 1.04 bits per heavy atom. The van der Waals surface area contributed by atoms with Crippen molar-refractivity contribution in [3.63, 3.8) is 0 Å². The Morgan fingerprint density at radius 2 is 1.65 bits per heavy atom. The smallest absolute Gasteiger partial charge is 0.321 e. The molecule has 0 saturated heterocycles. The first-order valence-electron chi connectivity index (χ1n) is 7.52. The van der Waals surface area contributed by atoms with Crippen LogP contribution in [0.2, 0.25) is 0 Å². The van der Waals surface area contributed by atoms with Gasteiger partial charge >= 0.3 is 6.18 Å². The first-order valence-corrected chi connectivity index (χ1v) is 7.52. The molecule has 3 aromatic rings. The third kappa shape index (κ3) is 3.74. The molecular weight excluding hydrogens is 350 g/mol. The second kappa shape index (κ2) is 6.62. The van der Waals surface area contributed by atoms with Crippen LogP contribution in [0.1, 0.15) is 16.1 Å². The van der Waals surface area contributed by atoms with Crippen LogP contribution in [0, 0.1) is 5.82 Å². The van der Waals surface area contributed by atoms with Crippen LogP contribution >= 0.6 is 0 Å². The predicted molar refractivity (Wildman–Crippen MR) is 88.0 cm³/mol. The van der Waals surface area contributed by atoms with Gasteiger partial charge in [0.2, 0.25) is 0 Å². The van der Waals surface area contributed by atoms with Gasteiger partial charge in [0.1, 0.15) is 11.5 Å². The average Bonchev–Trinajstić information content (AvgIpc) is 2.97. The fourth-order valence-electron chi connectivity index (χ4n) is 2.38. The molecule has 0 bridgehead atoms. The number of halogens is 4.